The Bertz CT molecular complexity index is 1350. The van der Waals surface area contributed by atoms with Crippen molar-refractivity contribution in [2.75, 3.05) is 12.4 Å². The molecule has 0 bridgehead atoms. The molecular formula is C28H22ClN3O3. The number of nitrogens with zero attached hydrogens (tertiary/aromatic N) is 2. The van der Waals surface area contributed by atoms with E-state index in [0.29, 0.717) is 16.3 Å². The number of fused-ring (bicyclic) bond motifs is 3. The fraction of sp³-hybridized carbons (Fsp3) is 0.179. The Morgan fingerprint density at radius 3 is 2.40 bits per heavy atom. The van der Waals surface area contributed by atoms with E-state index in [-0.39, 0.29) is 5.91 Å². The van der Waals surface area contributed by atoms with E-state index >= 15 is 0 Å². The summed E-state index contributed by atoms with van der Waals surface area (Å²) in [5, 5.41) is 14.2. The van der Waals surface area contributed by atoms with Gasteiger partial charge in [0, 0.05) is 22.8 Å². The number of esters is 1. The first-order chi connectivity index (χ1) is 17.0. The summed E-state index contributed by atoms with van der Waals surface area (Å²) in [4.78, 5) is 29.2. The van der Waals surface area contributed by atoms with Gasteiger partial charge >= 0.3 is 5.97 Å². The van der Waals surface area contributed by atoms with Crippen molar-refractivity contribution in [3.63, 3.8) is 0 Å². The number of hydrogen-bond donors (Lipinski definition) is 1. The fourth-order valence-corrected chi connectivity index (χ4v) is 5.50. The Kier molecular flexibility index (Phi) is 5.80. The summed E-state index contributed by atoms with van der Waals surface area (Å²) in [5.74, 6) is -1.80. The van der Waals surface area contributed by atoms with Crippen LogP contribution in [0.25, 0.3) is 6.08 Å². The van der Waals surface area contributed by atoms with Gasteiger partial charge in [-0.2, -0.15) is 5.26 Å². The number of carbonyl (C=O) groups excluding carboxylic acids is 2. The van der Waals surface area contributed by atoms with Crippen molar-refractivity contribution in [2.45, 2.75) is 18.0 Å². The molecule has 4 unspecified atom stereocenters. The molecule has 174 valence electrons. The van der Waals surface area contributed by atoms with Crippen LogP contribution in [0, 0.1) is 16.7 Å². The number of ether oxygens (including phenoxy) is 1. The lowest BCUT2D eigenvalue weighted by Gasteiger charge is -2.35. The van der Waals surface area contributed by atoms with Gasteiger partial charge in [-0.25, -0.2) is 0 Å². The number of anilines is 1. The van der Waals surface area contributed by atoms with Crippen LogP contribution in [0.2, 0.25) is 5.02 Å². The van der Waals surface area contributed by atoms with E-state index in [1.54, 1.807) is 30.5 Å². The zero-order chi connectivity index (χ0) is 24.6. The van der Waals surface area contributed by atoms with Crippen LogP contribution in [0.1, 0.15) is 28.7 Å². The summed E-state index contributed by atoms with van der Waals surface area (Å²) >= 11 is 6.01. The van der Waals surface area contributed by atoms with E-state index in [1.165, 1.54) is 7.11 Å². The Labute approximate surface area is 208 Å². The van der Waals surface area contributed by atoms with E-state index in [1.807, 2.05) is 65.6 Å². The lowest BCUT2D eigenvalue weighted by atomic mass is 9.67. The molecule has 0 aromatic heterocycles. The third-order valence-electron chi connectivity index (χ3n) is 6.82. The first-order valence-electron chi connectivity index (χ1n) is 11.2. The quantitative estimate of drug-likeness (QED) is 0.518. The van der Waals surface area contributed by atoms with Gasteiger partial charge < -0.3 is 15.0 Å². The van der Waals surface area contributed by atoms with Crippen LogP contribution >= 0.6 is 11.6 Å². The maximum Gasteiger partial charge on any atom is 0.329 e. The van der Waals surface area contributed by atoms with Crippen molar-refractivity contribution < 1.29 is 14.3 Å². The van der Waals surface area contributed by atoms with E-state index in [4.69, 9.17) is 16.3 Å². The second kappa shape index (κ2) is 8.94. The van der Waals surface area contributed by atoms with E-state index < -0.39 is 29.4 Å². The minimum atomic E-state index is -1.67. The zero-order valence-corrected chi connectivity index (χ0v) is 19.6. The maximum atomic E-state index is 13.9. The minimum absolute atomic E-state index is 0.337. The van der Waals surface area contributed by atoms with Crippen LogP contribution in [0.5, 0.6) is 0 Å². The van der Waals surface area contributed by atoms with Crippen molar-refractivity contribution in [3.8, 4) is 6.07 Å². The third kappa shape index (κ3) is 3.56. The normalized spacial score (nSPS) is 24.1. The summed E-state index contributed by atoms with van der Waals surface area (Å²) in [7, 11) is 1.28. The molecule has 0 radical (unpaired) electrons. The summed E-state index contributed by atoms with van der Waals surface area (Å²) < 4.78 is 5.25. The Morgan fingerprint density at radius 2 is 1.71 bits per heavy atom. The Balaban J connectivity index is 1.72. The molecule has 3 aromatic rings. The smallest absolute Gasteiger partial charge is 0.329 e. The predicted octanol–water partition coefficient (Wildman–Crippen LogP) is 5.16. The molecule has 35 heavy (non-hydrogen) atoms. The van der Waals surface area contributed by atoms with Gasteiger partial charge in [-0.1, -0.05) is 66.2 Å². The Morgan fingerprint density at radius 1 is 1.03 bits per heavy atom. The number of rotatable bonds is 4. The average Bonchev–Trinajstić information content (AvgIpc) is 3.22. The van der Waals surface area contributed by atoms with Crippen molar-refractivity contribution in [1.29, 1.82) is 5.26 Å². The number of methoxy groups -OCH3 is 1. The number of nitriles is 1. The molecule has 1 saturated heterocycles. The topological polar surface area (TPSA) is 82.4 Å². The molecule has 1 amide bonds. The van der Waals surface area contributed by atoms with Gasteiger partial charge in [0.05, 0.1) is 19.2 Å². The molecule has 4 atom stereocenters. The number of nitrogens with one attached hydrogen (secondary N) is 1. The summed E-state index contributed by atoms with van der Waals surface area (Å²) in [6.07, 6.45) is 3.71. The van der Waals surface area contributed by atoms with Crippen molar-refractivity contribution in [1.82, 2.24) is 4.90 Å². The molecule has 0 spiro atoms. The number of amides is 1. The molecule has 0 saturated carbocycles. The van der Waals surface area contributed by atoms with E-state index in [0.717, 1.165) is 11.1 Å². The molecule has 5 rings (SSSR count). The van der Waals surface area contributed by atoms with Gasteiger partial charge in [-0.05, 0) is 47.0 Å². The molecule has 7 heteroatoms. The van der Waals surface area contributed by atoms with Crippen molar-refractivity contribution in [3.05, 3.63) is 107 Å². The standard InChI is InChI=1S/C28H22ClN3O3/c1-35-27(34)28(17-30)23(19-8-3-2-4-9-19)24(26(33)31-21-13-11-20(29)12-14-21)32-16-15-18-7-5-6-10-22(18)25(28)32/h2-16,23-25H,1H3,(H,31,33). The first kappa shape index (κ1) is 22.7. The van der Waals surface area contributed by atoms with Crippen LogP contribution in [0.15, 0.2) is 85.1 Å². The maximum absolute atomic E-state index is 13.9. The summed E-state index contributed by atoms with van der Waals surface area (Å²) in [5.41, 5.74) is 1.29. The molecule has 1 fully saturated rings. The Hall–Kier alpha value is -4.08. The summed E-state index contributed by atoms with van der Waals surface area (Å²) in [6, 6.07) is 24.4. The van der Waals surface area contributed by atoms with Crippen LogP contribution in [0.4, 0.5) is 5.69 Å². The average molecular weight is 484 g/mol. The molecule has 6 nitrogen and oxygen atoms in total. The zero-order valence-electron chi connectivity index (χ0n) is 18.9. The van der Waals surface area contributed by atoms with E-state index in [9.17, 15) is 14.9 Å². The van der Waals surface area contributed by atoms with Gasteiger partial charge in [0.1, 0.15) is 6.04 Å². The van der Waals surface area contributed by atoms with Crippen LogP contribution in [-0.2, 0) is 14.3 Å². The molecule has 2 aliphatic heterocycles. The molecule has 2 heterocycles. The van der Waals surface area contributed by atoms with Crippen molar-refractivity contribution in [2.24, 2.45) is 5.41 Å². The van der Waals surface area contributed by atoms with Crippen molar-refractivity contribution >= 4 is 35.2 Å². The van der Waals surface area contributed by atoms with Gasteiger partial charge in [-0.3, -0.25) is 9.59 Å². The highest BCUT2D eigenvalue weighted by Gasteiger charge is 2.67. The monoisotopic (exact) mass is 483 g/mol. The number of carbonyl (C=O) groups is 2. The highest BCUT2D eigenvalue weighted by atomic mass is 35.5. The number of halogens is 1. The van der Waals surface area contributed by atoms with Gasteiger partial charge in [0.2, 0.25) is 5.91 Å². The SMILES string of the molecule is COC(=O)C1(C#N)C(c2ccccc2)C(C(=O)Nc2ccc(Cl)cc2)N2C=Cc3ccccc3C21. The second-order valence-electron chi connectivity index (χ2n) is 8.60. The molecule has 1 N–H and O–H groups in total. The number of benzene rings is 3. The number of hydrogen-bond acceptors (Lipinski definition) is 5. The van der Waals surface area contributed by atoms with E-state index in [2.05, 4.69) is 11.4 Å². The predicted molar refractivity (Wildman–Crippen MR) is 133 cm³/mol. The minimum Gasteiger partial charge on any atom is -0.468 e. The molecule has 3 aromatic carbocycles. The van der Waals surface area contributed by atoms with Crippen LogP contribution in [-0.4, -0.2) is 29.9 Å². The summed E-state index contributed by atoms with van der Waals surface area (Å²) in [6.45, 7) is 0. The van der Waals surface area contributed by atoms with Crippen LogP contribution in [0.3, 0.4) is 0 Å². The third-order valence-corrected chi connectivity index (χ3v) is 7.07. The highest BCUT2D eigenvalue weighted by molar-refractivity contribution is 6.30. The van der Waals surface area contributed by atoms with Crippen LogP contribution < -0.4 is 5.32 Å². The fourth-order valence-electron chi connectivity index (χ4n) is 5.38. The highest BCUT2D eigenvalue weighted by Crippen LogP contribution is 2.60. The van der Waals surface area contributed by atoms with Gasteiger partial charge in [0.25, 0.3) is 0 Å². The second-order valence-corrected chi connectivity index (χ2v) is 9.03. The lowest BCUT2D eigenvalue weighted by molar-refractivity contribution is -0.151. The van der Waals surface area contributed by atoms with Gasteiger partial charge in [0.15, 0.2) is 5.41 Å². The molecule has 0 aliphatic carbocycles. The molecular weight excluding hydrogens is 462 g/mol. The first-order valence-corrected chi connectivity index (χ1v) is 11.5. The molecule has 2 aliphatic rings. The van der Waals surface area contributed by atoms with Gasteiger partial charge in [-0.15, -0.1) is 0 Å². The lowest BCUT2D eigenvalue weighted by Crippen LogP contribution is -2.42. The largest absolute Gasteiger partial charge is 0.468 e.